The van der Waals surface area contributed by atoms with Gasteiger partial charge in [0.25, 0.3) is 5.91 Å². The Balaban J connectivity index is 2.33. The molecule has 0 aliphatic carbocycles. The van der Waals surface area contributed by atoms with E-state index < -0.39 is 0 Å². The number of amides is 1. The van der Waals surface area contributed by atoms with Crippen molar-refractivity contribution < 1.29 is 19.1 Å². The molecule has 1 N–H and O–H groups in total. The molecule has 2 rings (SSSR count). The van der Waals surface area contributed by atoms with Crippen LogP contribution < -0.4 is 14.8 Å². The minimum absolute atomic E-state index is 0.0778. The number of rotatable bonds is 6. The van der Waals surface area contributed by atoms with Gasteiger partial charge in [0.2, 0.25) is 0 Å². The first kappa shape index (κ1) is 14.8. The fraction of sp³-hybridized carbons (Fsp3) is 0.429. The van der Waals surface area contributed by atoms with Crippen molar-refractivity contribution in [3.63, 3.8) is 0 Å². The van der Waals surface area contributed by atoms with Crippen LogP contribution in [0.25, 0.3) is 0 Å². The highest BCUT2D eigenvalue weighted by Gasteiger charge is 2.23. The van der Waals surface area contributed by atoms with E-state index in [9.17, 15) is 9.59 Å². The van der Waals surface area contributed by atoms with Crippen molar-refractivity contribution in [3.05, 3.63) is 17.7 Å². The first-order chi connectivity index (χ1) is 9.65. The number of halogens is 1. The molecule has 1 aromatic carbocycles. The average molecular weight is 342 g/mol. The third-order valence-corrected chi connectivity index (χ3v) is 3.38. The van der Waals surface area contributed by atoms with Gasteiger partial charge in [-0.3, -0.25) is 9.59 Å². The molecule has 1 amide bonds. The van der Waals surface area contributed by atoms with Gasteiger partial charge in [0.15, 0.2) is 18.1 Å². The summed E-state index contributed by atoms with van der Waals surface area (Å²) in [7, 11) is 0. The van der Waals surface area contributed by atoms with Gasteiger partial charge in [-0.1, -0.05) is 29.3 Å². The number of Topliss-reactive ketones (excluding diaryl/α,β-unsaturated/α-hetero) is 1. The number of carbonyl (C=O) groups excluding carboxylic acids is 2. The first-order valence-corrected chi connectivity index (χ1v) is 7.60. The van der Waals surface area contributed by atoms with E-state index in [0.717, 1.165) is 12.8 Å². The number of hydrogen-bond donors (Lipinski definition) is 1. The molecule has 1 heterocycles. The normalized spacial score (nSPS) is 13.2. The van der Waals surface area contributed by atoms with E-state index in [2.05, 4.69) is 28.2 Å². The molecule has 0 radical (unpaired) electrons. The van der Waals surface area contributed by atoms with Crippen molar-refractivity contribution in [1.29, 1.82) is 0 Å². The monoisotopic (exact) mass is 341 g/mol. The Morgan fingerprint density at radius 2 is 2.30 bits per heavy atom. The van der Waals surface area contributed by atoms with Crippen molar-refractivity contribution in [1.82, 2.24) is 0 Å². The lowest BCUT2D eigenvalue weighted by Crippen LogP contribution is -2.26. The Bertz CT molecular complexity index is 530. The minimum atomic E-state index is -0.236. The molecule has 5 nitrogen and oxygen atoms in total. The Morgan fingerprint density at radius 3 is 3.00 bits per heavy atom. The zero-order chi connectivity index (χ0) is 14.5. The van der Waals surface area contributed by atoms with Crippen molar-refractivity contribution in [2.24, 2.45) is 0 Å². The smallest absolute Gasteiger partial charge is 0.262 e. The van der Waals surface area contributed by atoms with Crippen molar-refractivity contribution in [2.45, 2.75) is 19.8 Å². The number of hydrogen-bond acceptors (Lipinski definition) is 4. The van der Waals surface area contributed by atoms with Gasteiger partial charge in [-0.2, -0.15) is 0 Å². The first-order valence-electron chi connectivity index (χ1n) is 6.48. The Morgan fingerprint density at radius 1 is 1.50 bits per heavy atom. The summed E-state index contributed by atoms with van der Waals surface area (Å²) in [6.45, 7) is 2.57. The van der Waals surface area contributed by atoms with Crippen LogP contribution in [0.5, 0.6) is 11.5 Å². The number of fused-ring (bicyclic) bond motifs is 1. The summed E-state index contributed by atoms with van der Waals surface area (Å²) in [5.74, 6) is 0.628. The van der Waals surface area contributed by atoms with Gasteiger partial charge in [-0.15, -0.1) is 0 Å². The van der Waals surface area contributed by atoms with Gasteiger partial charge in [-0.05, 0) is 12.5 Å². The lowest BCUT2D eigenvalue weighted by Gasteiger charge is -2.21. The maximum atomic E-state index is 12.0. The lowest BCUT2D eigenvalue weighted by atomic mass is 10.1. The molecule has 0 atom stereocenters. The maximum Gasteiger partial charge on any atom is 0.262 e. The number of unbranched alkanes of at least 4 members (excludes halogenated alkanes) is 1. The van der Waals surface area contributed by atoms with Crippen molar-refractivity contribution in [2.75, 3.05) is 23.9 Å². The molecule has 0 saturated heterocycles. The van der Waals surface area contributed by atoms with Crippen LogP contribution in [0.2, 0.25) is 0 Å². The number of anilines is 1. The third-order valence-electron chi connectivity index (χ3n) is 2.87. The van der Waals surface area contributed by atoms with E-state index in [1.165, 1.54) is 0 Å². The molecule has 0 bridgehead atoms. The molecule has 6 heteroatoms. The standard InChI is InChI=1S/C14H16BrNO4/c1-2-3-4-19-9-5-10(12(17)7-15)14-11(6-9)16-13(18)8-20-14/h5-6H,2-4,7-8H2,1H3,(H,16,18). The van der Waals surface area contributed by atoms with Crippen LogP contribution in [0.3, 0.4) is 0 Å². The number of ketones is 1. The van der Waals surface area contributed by atoms with Crippen LogP contribution in [0.4, 0.5) is 5.69 Å². The van der Waals surface area contributed by atoms with Gasteiger partial charge in [0.1, 0.15) is 5.75 Å². The second-order valence-corrected chi connectivity index (χ2v) is 5.00. The number of nitrogens with one attached hydrogen (secondary N) is 1. The molecule has 108 valence electrons. The second kappa shape index (κ2) is 6.74. The minimum Gasteiger partial charge on any atom is -0.493 e. The quantitative estimate of drug-likeness (QED) is 0.491. The van der Waals surface area contributed by atoms with Gasteiger partial charge in [0.05, 0.1) is 23.2 Å². The van der Waals surface area contributed by atoms with Gasteiger partial charge >= 0.3 is 0 Å². The van der Waals surface area contributed by atoms with Crippen LogP contribution >= 0.6 is 15.9 Å². The molecule has 20 heavy (non-hydrogen) atoms. The molecule has 0 unspecified atom stereocenters. The summed E-state index contributed by atoms with van der Waals surface area (Å²) in [6, 6.07) is 3.35. The summed E-state index contributed by atoms with van der Waals surface area (Å²) in [4.78, 5) is 23.3. The van der Waals surface area contributed by atoms with Gasteiger partial charge in [0, 0.05) is 6.07 Å². The van der Waals surface area contributed by atoms with Crippen LogP contribution in [0.1, 0.15) is 30.1 Å². The van der Waals surface area contributed by atoms with Crippen LogP contribution in [-0.4, -0.2) is 30.2 Å². The zero-order valence-corrected chi connectivity index (χ0v) is 12.8. The highest BCUT2D eigenvalue weighted by Crippen LogP contribution is 2.36. The SMILES string of the molecule is CCCCOc1cc2c(c(C(=O)CBr)c1)OCC(=O)N2. The molecule has 0 saturated carbocycles. The summed E-state index contributed by atoms with van der Waals surface area (Å²) in [5, 5.41) is 2.89. The van der Waals surface area contributed by atoms with Crippen molar-refractivity contribution >= 4 is 33.3 Å². The predicted molar refractivity (Wildman–Crippen MR) is 79.1 cm³/mol. The Hall–Kier alpha value is -1.56. The molecular weight excluding hydrogens is 326 g/mol. The number of alkyl halides is 1. The van der Waals surface area contributed by atoms with E-state index in [4.69, 9.17) is 9.47 Å². The number of benzene rings is 1. The molecule has 1 aliphatic rings. The topological polar surface area (TPSA) is 64.6 Å². The van der Waals surface area contributed by atoms with Gasteiger partial charge < -0.3 is 14.8 Å². The fourth-order valence-electron chi connectivity index (χ4n) is 1.87. The zero-order valence-electron chi connectivity index (χ0n) is 11.2. The van der Waals surface area contributed by atoms with Crippen LogP contribution in [0, 0.1) is 0 Å². The third kappa shape index (κ3) is 3.30. The second-order valence-electron chi connectivity index (χ2n) is 4.44. The summed E-state index contributed by atoms with van der Waals surface area (Å²) in [5.41, 5.74) is 0.908. The molecule has 0 spiro atoms. The largest absolute Gasteiger partial charge is 0.493 e. The lowest BCUT2D eigenvalue weighted by molar-refractivity contribution is -0.118. The Kier molecular flexibility index (Phi) is 5.00. The van der Waals surface area contributed by atoms with E-state index in [0.29, 0.717) is 29.4 Å². The molecule has 1 aliphatic heterocycles. The van der Waals surface area contributed by atoms with E-state index >= 15 is 0 Å². The molecule has 0 aromatic heterocycles. The number of carbonyl (C=O) groups is 2. The highest BCUT2D eigenvalue weighted by atomic mass is 79.9. The van der Waals surface area contributed by atoms with Gasteiger partial charge in [-0.25, -0.2) is 0 Å². The Labute approximate surface area is 125 Å². The predicted octanol–water partition coefficient (Wildman–Crippen LogP) is 2.77. The van der Waals surface area contributed by atoms with Crippen LogP contribution in [0.15, 0.2) is 12.1 Å². The van der Waals surface area contributed by atoms with Crippen molar-refractivity contribution in [3.8, 4) is 11.5 Å². The van der Waals surface area contributed by atoms with E-state index in [1.807, 2.05) is 0 Å². The number of ether oxygens (including phenoxy) is 2. The average Bonchev–Trinajstić information content (AvgIpc) is 2.45. The summed E-state index contributed by atoms with van der Waals surface area (Å²) in [6.07, 6.45) is 1.96. The molecular formula is C14H16BrNO4. The highest BCUT2D eigenvalue weighted by molar-refractivity contribution is 9.09. The van der Waals surface area contributed by atoms with E-state index in [-0.39, 0.29) is 23.6 Å². The van der Waals surface area contributed by atoms with E-state index in [1.54, 1.807) is 12.1 Å². The summed E-state index contributed by atoms with van der Waals surface area (Å²) < 4.78 is 11.0. The fourth-order valence-corrected chi connectivity index (χ4v) is 2.17. The molecule has 1 aromatic rings. The maximum absolute atomic E-state index is 12.0. The summed E-state index contributed by atoms with van der Waals surface area (Å²) >= 11 is 3.15. The molecule has 0 fully saturated rings. The van der Waals surface area contributed by atoms with Crippen LogP contribution in [-0.2, 0) is 4.79 Å².